The lowest BCUT2D eigenvalue weighted by Gasteiger charge is -2.04. The largest absolute Gasteiger partial charge is 0.454 e. The lowest BCUT2D eigenvalue weighted by atomic mass is 10.1. The molecule has 1 amide bonds. The zero-order valence-electron chi connectivity index (χ0n) is 14.3. The highest BCUT2D eigenvalue weighted by Crippen LogP contribution is 2.36. The van der Waals surface area contributed by atoms with Gasteiger partial charge >= 0.3 is 0 Å². The Morgan fingerprint density at radius 1 is 1.14 bits per heavy atom. The number of hydrogen-bond acceptors (Lipinski definition) is 8. The first-order chi connectivity index (χ1) is 13.8. The highest BCUT2D eigenvalue weighted by atomic mass is 32.1. The van der Waals surface area contributed by atoms with Crippen molar-refractivity contribution < 1.29 is 14.3 Å². The maximum absolute atomic E-state index is 12.6. The van der Waals surface area contributed by atoms with Gasteiger partial charge in [-0.05, 0) is 46.8 Å². The summed E-state index contributed by atoms with van der Waals surface area (Å²) in [5, 5.41) is 16.2. The minimum Gasteiger partial charge on any atom is -0.454 e. The number of amides is 1. The molecule has 0 saturated heterocycles. The number of anilines is 1. The molecule has 0 aliphatic carbocycles. The first kappa shape index (κ1) is 16.4. The lowest BCUT2D eigenvalue weighted by Crippen LogP contribution is -2.12. The van der Waals surface area contributed by atoms with E-state index in [1.165, 1.54) is 22.3 Å². The molecular weight excluding hydrogens is 380 g/mol. The molecule has 0 bridgehead atoms. The summed E-state index contributed by atoms with van der Waals surface area (Å²) in [6.07, 6.45) is 1.47. The summed E-state index contributed by atoms with van der Waals surface area (Å²) < 4.78 is 12.2. The van der Waals surface area contributed by atoms with E-state index in [2.05, 4.69) is 25.8 Å². The normalized spacial score (nSPS) is 12.1. The molecule has 0 unspecified atom stereocenters. The van der Waals surface area contributed by atoms with Crippen LogP contribution in [0.25, 0.3) is 16.9 Å². The van der Waals surface area contributed by atoms with Gasteiger partial charge in [0.15, 0.2) is 16.6 Å². The van der Waals surface area contributed by atoms with Gasteiger partial charge in [0.05, 0.1) is 11.4 Å². The van der Waals surface area contributed by atoms with Gasteiger partial charge < -0.3 is 9.47 Å². The quantitative estimate of drug-likeness (QED) is 0.569. The summed E-state index contributed by atoms with van der Waals surface area (Å²) in [6, 6.07) is 12.6. The van der Waals surface area contributed by atoms with Crippen LogP contribution in [0.3, 0.4) is 0 Å². The van der Waals surface area contributed by atoms with E-state index in [4.69, 9.17) is 9.47 Å². The number of rotatable bonds is 4. The van der Waals surface area contributed by atoms with Crippen molar-refractivity contribution in [3.8, 4) is 28.4 Å². The van der Waals surface area contributed by atoms with Crippen LogP contribution in [0, 0.1) is 0 Å². The Hall–Kier alpha value is -3.79. The summed E-state index contributed by atoms with van der Waals surface area (Å²) in [5.74, 6) is 1.15. The second-order valence-electron chi connectivity index (χ2n) is 5.86. The Labute approximate surface area is 162 Å². The number of aromatic nitrogens is 5. The smallest absolute Gasteiger partial charge is 0.257 e. The number of nitrogens with one attached hydrogen (secondary N) is 1. The average Bonchev–Trinajstić information content (AvgIpc) is 3.48. The maximum atomic E-state index is 12.6. The molecule has 0 fully saturated rings. The molecule has 3 heterocycles. The average molecular weight is 392 g/mol. The predicted molar refractivity (Wildman–Crippen MR) is 101 cm³/mol. The molecular formula is C18H12N6O3S. The van der Waals surface area contributed by atoms with Crippen LogP contribution in [-0.2, 0) is 0 Å². The van der Waals surface area contributed by atoms with E-state index in [0.717, 1.165) is 17.0 Å². The Morgan fingerprint density at radius 2 is 2.07 bits per heavy atom. The number of tetrazole rings is 1. The Kier molecular flexibility index (Phi) is 3.95. The maximum Gasteiger partial charge on any atom is 0.257 e. The van der Waals surface area contributed by atoms with Crippen LogP contribution in [0.4, 0.5) is 5.13 Å². The van der Waals surface area contributed by atoms with Crippen LogP contribution in [0.15, 0.2) is 54.2 Å². The number of ether oxygens (including phenoxy) is 2. The second-order valence-corrected chi connectivity index (χ2v) is 6.72. The molecule has 0 spiro atoms. The highest BCUT2D eigenvalue weighted by Gasteiger charge is 2.16. The summed E-state index contributed by atoms with van der Waals surface area (Å²) in [4.78, 5) is 17.1. The van der Waals surface area contributed by atoms with E-state index in [0.29, 0.717) is 22.1 Å². The van der Waals surface area contributed by atoms with Gasteiger partial charge in [-0.1, -0.05) is 6.07 Å². The Morgan fingerprint density at radius 3 is 2.96 bits per heavy atom. The van der Waals surface area contributed by atoms with Gasteiger partial charge in [-0.25, -0.2) is 9.67 Å². The summed E-state index contributed by atoms with van der Waals surface area (Å²) in [5.41, 5.74) is 2.81. The number of nitrogens with zero attached hydrogens (tertiary/aromatic N) is 5. The fourth-order valence-corrected chi connectivity index (χ4v) is 3.47. The molecule has 4 aromatic rings. The predicted octanol–water partition coefficient (Wildman–Crippen LogP) is 2.77. The van der Waals surface area contributed by atoms with E-state index < -0.39 is 0 Å². The van der Waals surface area contributed by atoms with Crippen LogP contribution >= 0.6 is 11.3 Å². The monoisotopic (exact) mass is 392 g/mol. The topological polar surface area (TPSA) is 104 Å². The number of thiazole rings is 1. The molecule has 2 aromatic heterocycles. The number of hydrogen-bond donors (Lipinski definition) is 1. The van der Waals surface area contributed by atoms with Crippen molar-refractivity contribution in [1.82, 2.24) is 25.2 Å². The third-order valence-electron chi connectivity index (χ3n) is 4.11. The number of carbonyl (C=O) groups excluding carboxylic acids is 1. The van der Waals surface area contributed by atoms with E-state index in [1.807, 2.05) is 29.6 Å². The molecule has 10 heteroatoms. The lowest BCUT2D eigenvalue weighted by molar-refractivity contribution is 0.102. The van der Waals surface area contributed by atoms with E-state index >= 15 is 0 Å². The van der Waals surface area contributed by atoms with Gasteiger partial charge in [0.25, 0.3) is 5.91 Å². The number of benzene rings is 2. The van der Waals surface area contributed by atoms with Crippen LogP contribution in [0.1, 0.15) is 10.4 Å². The van der Waals surface area contributed by atoms with E-state index in [1.54, 1.807) is 18.2 Å². The van der Waals surface area contributed by atoms with Gasteiger partial charge in [-0.15, -0.1) is 16.4 Å². The van der Waals surface area contributed by atoms with E-state index in [-0.39, 0.29) is 12.7 Å². The van der Waals surface area contributed by atoms with Gasteiger partial charge in [0.1, 0.15) is 6.33 Å². The second kappa shape index (κ2) is 6.74. The molecule has 1 aliphatic rings. The molecule has 5 rings (SSSR count). The molecule has 138 valence electrons. The Balaban J connectivity index is 1.35. The first-order valence-corrected chi connectivity index (χ1v) is 9.14. The fraction of sp³-hybridized carbons (Fsp3) is 0.0556. The molecule has 0 atom stereocenters. The standard InChI is InChI=1S/C18H12N6O3S/c25-17(12-2-1-3-13(6-12)24-9-19-22-23-24)21-18-20-14(8-28-18)11-4-5-15-16(7-11)27-10-26-15/h1-9H,10H2,(H,20,21,25). The molecule has 9 nitrogen and oxygen atoms in total. The van der Waals surface area contributed by atoms with Crippen LogP contribution < -0.4 is 14.8 Å². The van der Waals surface area contributed by atoms with Crippen molar-refractivity contribution in [2.24, 2.45) is 0 Å². The fourth-order valence-electron chi connectivity index (χ4n) is 2.76. The van der Waals surface area contributed by atoms with Crippen molar-refractivity contribution in [1.29, 1.82) is 0 Å². The third kappa shape index (κ3) is 3.05. The molecule has 0 radical (unpaired) electrons. The van der Waals surface area contributed by atoms with Gasteiger partial charge in [0.2, 0.25) is 6.79 Å². The van der Waals surface area contributed by atoms with Gasteiger partial charge in [0, 0.05) is 16.5 Å². The Bertz CT molecular complexity index is 1160. The SMILES string of the molecule is O=C(Nc1nc(-c2ccc3c(c2)OCO3)cs1)c1cccc(-n2cnnn2)c1. The molecule has 0 saturated carbocycles. The van der Waals surface area contributed by atoms with Crippen molar-refractivity contribution in [2.45, 2.75) is 0 Å². The highest BCUT2D eigenvalue weighted by molar-refractivity contribution is 7.14. The van der Waals surface area contributed by atoms with Crippen molar-refractivity contribution >= 4 is 22.4 Å². The van der Waals surface area contributed by atoms with Crippen molar-refractivity contribution in [2.75, 3.05) is 12.1 Å². The van der Waals surface area contributed by atoms with Crippen LogP contribution in [0.2, 0.25) is 0 Å². The van der Waals surface area contributed by atoms with Gasteiger partial charge in [-0.2, -0.15) is 0 Å². The number of fused-ring (bicyclic) bond motifs is 1. The molecule has 1 N–H and O–H groups in total. The third-order valence-corrected chi connectivity index (χ3v) is 4.87. The van der Waals surface area contributed by atoms with Crippen LogP contribution in [0.5, 0.6) is 11.5 Å². The summed E-state index contributed by atoms with van der Waals surface area (Å²) >= 11 is 1.35. The summed E-state index contributed by atoms with van der Waals surface area (Å²) in [6.45, 7) is 0.223. The molecule has 28 heavy (non-hydrogen) atoms. The minimum absolute atomic E-state index is 0.223. The zero-order chi connectivity index (χ0) is 18.9. The van der Waals surface area contributed by atoms with Crippen LogP contribution in [-0.4, -0.2) is 37.9 Å². The van der Waals surface area contributed by atoms with Gasteiger partial charge in [-0.3, -0.25) is 10.1 Å². The van der Waals surface area contributed by atoms with Crippen molar-refractivity contribution in [3.05, 3.63) is 59.7 Å². The molecule has 1 aliphatic heterocycles. The number of carbonyl (C=O) groups is 1. The molecule has 2 aromatic carbocycles. The minimum atomic E-state index is -0.262. The first-order valence-electron chi connectivity index (χ1n) is 8.26. The van der Waals surface area contributed by atoms with E-state index in [9.17, 15) is 4.79 Å². The zero-order valence-corrected chi connectivity index (χ0v) is 15.1. The van der Waals surface area contributed by atoms with Crippen molar-refractivity contribution in [3.63, 3.8) is 0 Å². The summed E-state index contributed by atoms with van der Waals surface area (Å²) in [7, 11) is 0.